The fourth-order valence-corrected chi connectivity index (χ4v) is 2.67. The van der Waals surface area contributed by atoms with Crippen LogP contribution in [0.3, 0.4) is 0 Å². The molecule has 0 aliphatic heterocycles. The van der Waals surface area contributed by atoms with Gasteiger partial charge in [-0.1, -0.05) is 13.8 Å². The van der Waals surface area contributed by atoms with Crippen molar-refractivity contribution in [2.24, 2.45) is 5.92 Å². The normalized spacial score (nSPS) is 12.5. The first-order valence-electron chi connectivity index (χ1n) is 5.02. The molecule has 0 aliphatic carbocycles. The van der Waals surface area contributed by atoms with E-state index in [0.29, 0.717) is 0 Å². The maximum atomic E-state index is 11.7. The average Bonchev–Trinajstić information content (AvgIpc) is 2.66. The fraction of sp³-hybridized carbons (Fsp3) is 0.455. The van der Waals surface area contributed by atoms with Crippen molar-refractivity contribution in [2.75, 3.05) is 7.05 Å². The molecule has 0 aliphatic rings. The van der Waals surface area contributed by atoms with E-state index in [-0.39, 0.29) is 22.6 Å². The van der Waals surface area contributed by atoms with Crippen LogP contribution in [-0.2, 0) is 4.79 Å². The number of carbonyl (C=O) groups is 2. The lowest BCUT2D eigenvalue weighted by molar-refractivity contribution is -0.122. The quantitative estimate of drug-likeness (QED) is 0.846. The van der Waals surface area contributed by atoms with Gasteiger partial charge in [-0.3, -0.25) is 4.79 Å². The molecule has 1 amide bonds. The molecule has 0 aromatic carbocycles. The number of hydrogen-bond donors (Lipinski definition) is 2. The number of likely N-dealkylation sites (N-methyl/N-ethyl adjacent to an activating group) is 1. The molecule has 0 unspecified atom stereocenters. The van der Waals surface area contributed by atoms with Gasteiger partial charge < -0.3 is 10.4 Å². The van der Waals surface area contributed by atoms with Crippen molar-refractivity contribution < 1.29 is 14.7 Å². The van der Waals surface area contributed by atoms with E-state index >= 15 is 0 Å². The number of amides is 1. The van der Waals surface area contributed by atoms with Gasteiger partial charge in [-0.15, -0.1) is 11.3 Å². The summed E-state index contributed by atoms with van der Waals surface area (Å²) in [7, 11) is 1.59. The van der Waals surface area contributed by atoms with Gasteiger partial charge in [0.25, 0.3) is 0 Å². The Labute approximate surface area is 98.3 Å². The lowest BCUT2D eigenvalue weighted by Gasteiger charge is -2.17. The Morgan fingerprint density at radius 2 is 2.00 bits per heavy atom. The third kappa shape index (κ3) is 2.61. The van der Waals surface area contributed by atoms with Crippen LogP contribution in [0.15, 0.2) is 12.1 Å². The Kier molecular flexibility index (Phi) is 4.06. The number of thiophene rings is 1. The molecule has 1 heterocycles. The van der Waals surface area contributed by atoms with Crippen LogP contribution in [0, 0.1) is 5.92 Å². The van der Waals surface area contributed by atoms with Crippen molar-refractivity contribution in [3.63, 3.8) is 0 Å². The van der Waals surface area contributed by atoms with Gasteiger partial charge in [0.15, 0.2) is 0 Å². The zero-order valence-corrected chi connectivity index (χ0v) is 10.3. The van der Waals surface area contributed by atoms with Crippen molar-refractivity contribution in [3.05, 3.63) is 21.9 Å². The first-order valence-corrected chi connectivity index (χ1v) is 5.83. The average molecular weight is 241 g/mol. The molecule has 1 aromatic heterocycles. The number of carbonyl (C=O) groups excluding carboxylic acids is 1. The van der Waals surface area contributed by atoms with Crippen LogP contribution < -0.4 is 5.32 Å². The van der Waals surface area contributed by atoms with Crippen LogP contribution in [0.25, 0.3) is 0 Å². The molecule has 1 aromatic rings. The highest BCUT2D eigenvalue weighted by molar-refractivity contribution is 7.14. The van der Waals surface area contributed by atoms with Gasteiger partial charge in [-0.05, 0) is 18.1 Å². The van der Waals surface area contributed by atoms with Gasteiger partial charge >= 0.3 is 5.97 Å². The number of carboxylic acid groups (broad SMARTS) is 1. The van der Waals surface area contributed by atoms with Crippen LogP contribution in [0.2, 0.25) is 0 Å². The van der Waals surface area contributed by atoms with Crippen LogP contribution in [0.5, 0.6) is 0 Å². The minimum absolute atomic E-state index is 0.0752. The third-order valence-electron chi connectivity index (χ3n) is 2.34. The monoisotopic (exact) mass is 241 g/mol. The van der Waals surface area contributed by atoms with E-state index in [9.17, 15) is 9.59 Å². The summed E-state index contributed by atoms with van der Waals surface area (Å²) >= 11 is 1.16. The Balaban J connectivity index is 3.02. The Bertz CT molecular complexity index is 398. The summed E-state index contributed by atoms with van der Waals surface area (Å²) in [6.07, 6.45) is 0. The summed E-state index contributed by atoms with van der Waals surface area (Å²) in [5, 5.41) is 11.4. The van der Waals surface area contributed by atoms with Gasteiger partial charge in [0.1, 0.15) is 4.88 Å². The summed E-state index contributed by atoms with van der Waals surface area (Å²) in [5.41, 5.74) is 0. The van der Waals surface area contributed by atoms with Gasteiger partial charge in [0, 0.05) is 11.9 Å². The predicted molar refractivity (Wildman–Crippen MR) is 62.9 cm³/mol. The molecule has 88 valence electrons. The topological polar surface area (TPSA) is 66.4 Å². The van der Waals surface area contributed by atoms with Crippen molar-refractivity contribution in [3.8, 4) is 0 Å². The van der Waals surface area contributed by atoms with E-state index in [1.54, 1.807) is 19.2 Å². The zero-order valence-electron chi connectivity index (χ0n) is 9.48. The van der Waals surface area contributed by atoms with Gasteiger partial charge in [-0.2, -0.15) is 0 Å². The summed E-state index contributed by atoms with van der Waals surface area (Å²) in [5.74, 6) is -1.16. The van der Waals surface area contributed by atoms with Crippen LogP contribution in [0.1, 0.15) is 34.3 Å². The summed E-state index contributed by atoms with van der Waals surface area (Å²) < 4.78 is 0. The maximum Gasteiger partial charge on any atom is 0.345 e. The molecular weight excluding hydrogens is 226 g/mol. The second kappa shape index (κ2) is 5.12. The van der Waals surface area contributed by atoms with Crippen LogP contribution in [-0.4, -0.2) is 24.0 Å². The van der Waals surface area contributed by atoms with Gasteiger partial charge in [0.05, 0.1) is 5.92 Å². The summed E-state index contributed by atoms with van der Waals surface area (Å²) in [4.78, 5) is 23.5. The lowest BCUT2D eigenvalue weighted by Crippen LogP contribution is -2.28. The smallest absolute Gasteiger partial charge is 0.345 e. The number of aromatic carboxylic acids is 1. The molecule has 2 N–H and O–H groups in total. The van der Waals surface area contributed by atoms with Gasteiger partial charge in [0.2, 0.25) is 5.91 Å². The molecule has 0 saturated heterocycles. The molecule has 0 fully saturated rings. The second-order valence-electron chi connectivity index (χ2n) is 3.84. The van der Waals surface area contributed by atoms with Crippen molar-refractivity contribution in [1.29, 1.82) is 0 Å². The van der Waals surface area contributed by atoms with E-state index in [2.05, 4.69) is 5.32 Å². The molecule has 16 heavy (non-hydrogen) atoms. The molecule has 1 rings (SSSR count). The highest BCUT2D eigenvalue weighted by atomic mass is 32.1. The van der Waals surface area contributed by atoms with E-state index in [4.69, 9.17) is 5.11 Å². The molecule has 0 spiro atoms. The second-order valence-corrected chi connectivity index (χ2v) is 4.96. The molecule has 0 radical (unpaired) electrons. The number of carboxylic acids is 1. The number of rotatable bonds is 4. The number of nitrogens with one attached hydrogen (secondary N) is 1. The van der Waals surface area contributed by atoms with Crippen LogP contribution >= 0.6 is 11.3 Å². The molecule has 0 saturated carbocycles. The summed E-state index contributed by atoms with van der Waals surface area (Å²) in [6, 6.07) is 3.26. The molecule has 4 nitrogen and oxygen atoms in total. The molecule has 5 heteroatoms. The minimum Gasteiger partial charge on any atom is -0.477 e. The van der Waals surface area contributed by atoms with Crippen LogP contribution in [0.4, 0.5) is 0 Å². The summed E-state index contributed by atoms with van der Waals surface area (Å²) in [6.45, 7) is 3.89. The Morgan fingerprint density at radius 1 is 1.38 bits per heavy atom. The fourth-order valence-electron chi connectivity index (χ4n) is 1.55. The van der Waals surface area contributed by atoms with Crippen molar-refractivity contribution in [1.82, 2.24) is 5.32 Å². The Hall–Kier alpha value is -1.36. The SMILES string of the molecule is CNC(=O)[C@@H](c1ccc(C(=O)O)s1)C(C)C. The molecular formula is C11H15NO3S. The Morgan fingerprint density at radius 3 is 2.38 bits per heavy atom. The third-order valence-corrected chi connectivity index (χ3v) is 3.50. The van der Waals surface area contributed by atoms with E-state index in [1.165, 1.54) is 0 Å². The first kappa shape index (κ1) is 12.7. The predicted octanol–water partition coefficient (Wildman–Crippen LogP) is 1.93. The highest BCUT2D eigenvalue weighted by Gasteiger charge is 2.25. The van der Waals surface area contributed by atoms with E-state index in [0.717, 1.165) is 16.2 Å². The van der Waals surface area contributed by atoms with Gasteiger partial charge in [-0.25, -0.2) is 4.79 Å². The number of hydrogen-bond acceptors (Lipinski definition) is 3. The molecule has 1 atom stereocenters. The van der Waals surface area contributed by atoms with E-state index in [1.807, 2.05) is 13.8 Å². The zero-order chi connectivity index (χ0) is 12.3. The largest absolute Gasteiger partial charge is 0.477 e. The highest BCUT2D eigenvalue weighted by Crippen LogP contribution is 2.30. The maximum absolute atomic E-state index is 11.7. The van der Waals surface area contributed by atoms with Crippen molar-refractivity contribution >= 4 is 23.2 Å². The van der Waals surface area contributed by atoms with Crippen molar-refractivity contribution in [2.45, 2.75) is 19.8 Å². The van der Waals surface area contributed by atoms with E-state index < -0.39 is 5.97 Å². The minimum atomic E-state index is -0.948. The molecule has 0 bridgehead atoms. The lowest BCUT2D eigenvalue weighted by atomic mass is 9.93. The first-order chi connectivity index (χ1) is 7.47. The standard InChI is InChI=1S/C11H15NO3S/c1-6(2)9(10(13)12-3)7-4-5-8(16-7)11(14)15/h4-6,9H,1-3H3,(H,12,13)(H,14,15)/t9-/m1/s1.